The minimum Gasteiger partial charge on any atom is -0.491 e. The third-order valence-corrected chi connectivity index (χ3v) is 4.46. The van der Waals surface area contributed by atoms with E-state index in [9.17, 15) is 5.11 Å². The van der Waals surface area contributed by atoms with Crippen molar-refractivity contribution in [3.8, 4) is 5.75 Å². The fourth-order valence-corrected chi connectivity index (χ4v) is 2.74. The van der Waals surface area contributed by atoms with Gasteiger partial charge in [-0.15, -0.1) is 0 Å². The third kappa shape index (κ3) is 6.34. The fourth-order valence-electron chi connectivity index (χ4n) is 2.57. The summed E-state index contributed by atoms with van der Waals surface area (Å²) >= 11 is 6.21. The summed E-state index contributed by atoms with van der Waals surface area (Å²) in [4.78, 5) is 4.01. The molecule has 0 aliphatic rings. The van der Waals surface area contributed by atoms with Gasteiger partial charge >= 0.3 is 0 Å². The smallest absolute Gasteiger partial charge is 0.123 e. The van der Waals surface area contributed by atoms with Crippen LogP contribution in [0.25, 0.3) is 0 Å². The molecule has 1 atom stereocenters. The number of aliphatic hydroxyl groups is 1. The molecule has 2 rings (SSSR count). The average Bonchev–Trinajstić information content (AvgIpc) is 3.08. The Hall–Kier alpha value is -1.56. The lowest BCUT2D eigenvalue weighted by atomic mass is 10.0. The van der Waals surface area contributed by atoms with Gasteiger partial charge in [-0.1, -0.05) is 25.4 Å². The molecular weight excluding hydrogens is 338 g/mol. The Morgan fingerprint density at radius 3 is 2.84 bits per heavy atom. The first-order valence-electron chi connectivity index (χ1n) is 8.74. The van der Waals surface area contributed by atoms with E-state index in [4.69, 9.17) is 16.3 Å². The monoisotopic (exact) mass is 365 g/mol. The molecule has 2 aromatic rings. The zero-order valence-electron chi connectivity index (χ0n) is 15.2. The standard InChI is InChI=1S/C19H28ClN3O2/c1-14(2)17-10-18(20)15(3)9-19(17)25-12-16(24)11-21-5-4-7-23-8-6-22-13-23/h6,8-10,13-14,16,21,24H,4-5,7,11-12H2,1-3H3. The summed E-state index contributed by atoms with van der Waals surface area (Å²) in [7, 11) is 0. The number of aromatic nitrogens is 2. The quantitative estimate of drug-likeness (QED) is 0.633. The van der Waals surface area contributed by atoms with E-state index in [-0.39, 0.29) is 6.61 Å². The predicted molar refractivity (Wildman–Crippen MR) is 101 cm³/mol. The number of aryl methyl sites for hydroxylation is 2. The zero-order valence-corrected chi connectivity index (χ0v) is 16.0. The van der Waals surface area contributed by atoms with Crippen molar-refractivity contribution < 1.29 is 9.84 Å². The van der Waals surface area contributed by atoms with Gasteiger partial charge in [-0.25, -0.2) is 4.98 Å². The average molecular weight is 366 g/mol. The molecule has 0 radical (unpaired) electrons. The highest BCUT2D eigenvalue weighted by Crippen LogP contribution is 2.32. The molecule has 1 aromatic carbocycles. The topological polar surface area (TPSA) is 59.3 Å². The number of rotatable bonds is 10. The Bertz CT molecular complexity index is 644. The lowest BCUT2D eigenvalue weighted by Crippen LogP contribution is -2.32. The first-order chi connectivity index (χ1) is 12.0. The van der Waals surface area contributed by atoms with Crippen LogP contribution in [0.5, 0.6) is 5.75 Å². The number of hydrogen-bond acceptors (Lipinski definition) is 4. The van der Waals surface area contributed by atoms with Crippen LogP contribution in [0.4, 0.5) is 0 Å². The first-order valence-corrected chi connectivity index (χ1v) is 9.12. The maximum absolute atomic E-state index is 10.1. The normalized spacial score (nSPS) is 12.6. The van der Waals surface area contributed by atoms with Crippen molar-refractivity contribution in [2.24, 2.45) is 0 Å². The van der Waals surface area contributed by atoms with Crippen molar-refractivity contribution in [2.75, 3.05) is 19.7 Å². The number of benzene rings is 1. The summed E-state index contributed by atoms with van der Waals surface area (Å²) in [6, 6.07) is 3.90. The predicted octanol–water partition coefficient (Wildman–Crippen LogP) is 3.39. The van der Waals surface area contributed by atoms with E-state index in [1.807, 2.05) is 36.1 Å². The van der Waals surface area contributed by atoms with Crippen LogP contribution in [-0.2, 0) is 6.54 Å². The van der Waals surface area contributed by atoms with Crippen LogP contribution in [0.15, 0.2) is 30.9 Å². The van der Waals surface area contributed by atoms with E-state index < -0.39 is 6.10 Å². The van der Waals surface area contributed by atoms with Crippen LogP contribution in [0.3, 0.4) is 0 Å². The van der Waals surface area contributed by atoms with E-state index in [1.54, 1.807) is 6.20 Å². The summed E-state index contributed by atoms with van der Waals surface area (Å²) in [5.74, 6) is 1.11. The van der Waals surface area contributed by atoms with Crippen LogP contribution in [-0.4, -0.2) is 40.5 Å². The second-order valence-corrected chi connectivity index (χ2v) is 7.02. The second-order valence-electron chi connectivity index (χ2n) is 6.62. The van der Waals surface area contributed by atoms with Crippen molar-refractivity contribution in [2.45, 2.75) is 45.8 Å². The van der Waals surface area contributed by atoms with Crippen molar-refractivity contribution in [1.82, 2.24) is 14.9 Å². The van der Waals surface area contributed by atoms with E-state index in [2.05, 4.69) is 24.1 Å². The zero-order chi connectivity index (χ0) is 18.2. The lowest BCUT2D eigenvalue weighted by molar-refractivity contribution is 0.106. The summed E-state index contributed by atoms with van der Waals surface area (Å²) in [5, 5.41) is 14.1. The molecule has 0 amide bonds. The van der Waals surface area contributed by atoms with Crippen LogP contribution >= 0.6 is 11.6 Å². The number of halogens is 1. The van der Waals surface area contributed by atoms with Gasteiger partial charge < -0.3 is 19.7 Å². The number of ether oxygens (including phenoxy) is 1. The number of aliphatic hydroxyl groups excluding tert-OH is 1. The molecule has 5 nitrogen and oxygen atoms in total. The van der Waals surface area contributed by atoms with Crippen LogP contribution in [0.2, 0.25) is 5.02 Å². The van der Waals surface area contributed by atoms with Gasteiger partial charge in [0.05, 0.1) is 6.33 Å². The number of nitrogens with zero attached hydrogens (tertiary/aromatic N) is 2. The molecule has 0 spiro atoms. The number of hydrogen-bond donors (Lipinski definition) is 2. The molecule has 0 bridgehead atoms. The van der Waals surface area contributed by atoms with Gasteiger partial charge in [0.2, 0.25) is 0 Å². The highest BCUT2D eigenvalue weighted by Gasteiger charge is 2.13. The lowest BCUT2D eigenvalue weighted by Gasteiger charge is -2.18. The number of nitrogens with one attached hydrogen (secondary N) is 1. The molecule has 0 saturated heterocycles. The minimum absolute atomic E-state index is 0.259. The van der Waals surface area contributed by atoms with Gasteiger partial charge in [-0.05, 0) is 49.1 Å². The molecule has 1 heterocycles. The van der Waals surface area contributed by atoms with E-state index in [0.29, 0.717) is 12.5 Å². The first kappa shape index (κ1) is 19.8. The molecule has 1 unspecified atom stereocenters. The van der Waals surface area contributed by atoms with Crippen molar-refractivity contribution in [3.05, 3.63) is 47.0 Å². The van der Waals surface area contributed by atoms with E-state index in [1.165, 1.54) is 0 Å². The summed E-state index contributed by atoms with van der Waals surface area (Å²) in [5.41, 5.74) is 2.05. The highest BCUT2D eigenvalue weighted by atomic mass is 35.5. The molecule has 1 aromatic heterocycles. The summed E-state index contributed by atoms with van der Waals surface area (Å²) in [6.45, 7) is 8.69. The SMILES string of the molecule is Cc1cc(OCC(O)CNCCCn2ccnc2)c(C(C)C)cc1Cl. The van der Waals surface area contributed by atoms with Crippen molar-refractivity contribution >= 4 is 11.6 Å². The molecule has 2 N–H and O–H groups in total. The maximum atomic E-state index is 10.1. The van der Waals surface area contributed by atoms with Gasteiger partial charge in [-0.3, -0.25) is 0 Å². The molecule has 0 fully saturated rings. The summed E-state index contributed by atoms with van der Waals surface area (Å²) < 4.78 is 7.89. The molecule has 0 saturated carbocycles. The Balaban J connectivity index is 1.72. The maximum Gasteiger partial charge on any atom is 0.123 e. The molecule has 25 heavy (non-hydrogen) atoms. The second kappa shape index (κ2) is 9.80. The Kier molecular flexibility index (Phi) is 7.75. The van der Waals surface area contributed by atoms with Crippen molar-refractivity contribution in [3.63, 3.8) is 0 Å². The Morgan fingerprint density at radius 2 is 2.16 bits per heavy atom. The molecular formula is C19H28ClN3O2. The third-order valence-electron chi connectivity index (χ3n) is 4.05. The van der Waals surface area contributed by atoms with Crippen molar-refractivity contribution in [1.29, 1.82) is 0 Å². The van der Waals surface area contributed by atoms with E-state index in [0.717, 1.165) is 41.4 Å². The highest BCUT2D eigenvalue weighted by molar-refractivity contribution is 6.31. The van der Waals surface area contributed by atoms with E-state index >= 15 is 0 Å². The van der Waals surface area contributed by atoms with Crippen LogP contribution in [0, 0.1) is 6.92 Å². The van der Waals surface area contributed by atoms with Gasteiger partial charge in [0, 0.05) is 30.5 Å². The fraction of sp³-hybridized carbons (Fsp3) is 0.526. The van der Waals surface area contributed by atoms with Gasteiger partial charge in [0.15, 0.2) is 0 Å². The van der Waals surface area contributed by atoms with Gasteiger partial charge in [-0.2, -0.15) is 0 Å². The van der Waals surface area contributed by atoms with Gasteiger partial charge in [0.25, 0.3) is 0 Å². The van der Waals surface area contributed by atoms with Crippen LogP contribution in [0.1, 0.15) is 37.3 Å². The largest absolute Gasteiger partial charge is 0.491 e. The Labute approximate surface area is 155 Å². The number of imidazole rings is 1. The Morgan fingerprint density at radius 1 is 1.36 bits per heavy atom. The molecule has 138 valence electrons. The van der Waals surface area contributed by atoms with Crippen LogP contribution < -0.4 is 10.1 Å². The molecule has 0 aliphatic heterocycles. The van der Waals surface area contributed by atoms with Gasteiger partial charge in [0.1, 0.15) is 18.5 Å². The molecule has 0 aliphatic carbocycles. The molecule has 6 heteroatoms. The minimum atomic E-state index is -0.552. The summed E-state index contributed by atoms with van der Waals surface area (Å²) in [6.07, 6.45) is 5.96.